The van der Waals surface area contributed by atoms with Crippen LogP contribution in [0.4, 0.5) is 5.82 Å². The minimum absolute atomic E-state index is 0.00130. The van der Waals surface area contributed by atoms with E-state index in [2.05, 4.69) is 51.2 Å². The minimum atomic E-state index is -3.90. The molecule has 0 unspecified atom stereocenters. The van der Waals surface area contributed by atoms with Crippen LogP contribution in [-0.4, -0.2) is 55.5 Å². The Hall–Kier alpha value is -3.69. The lowest BCUT2D eigenvalue weighted by atomic mass is 10.0. The molecule has 35 heavy (non-hydrogen) atoms. The van der Waals surface area contributed by atoms with Crippen molar-refractivity contribution in [3.63, 3.8) is 0 Å². The first-order chi connectivity index (χ1) is 16.9. The van der Waals surface area contributed by atoms with Gasteiger partial charge in [-0.2, -0.15) is 0 Å². The van der Waals surface area contributed by atoms with Gasteiger partial charge >= 0.3 is 0 Å². The molecule has 1 aromatic heterocycles. The Kier molecular flexibility index (Phi) is 6.27. The number of nitrogens with zero attached hydrogens (tertiary/aromatic N) is 3. The number of rotatable bonds is 6. The SMILES string of the molecule is Cc1cc(NS(=O)(=O)c2cccc(C(=O)N3CCN(Cc4cccc5ccccc45)CC3)c2)no1. The van der Waals surface area contributed by atoms with E-state index in [1.54, 1.807) is 24.0 Å². The molecule has 0 aliphatic carbocycles. The van der Waals surface area contributed by atoms with Crippen LogP contribution < -0.4 is 4.72 Å². The summed E-state index contributed by atoms with van der Waals surface area (Å²) in [5.41, 5.74) is 1.61. The highest BCUT2D eigenvalue weighted by molar-refractivity contribution is 7.92. The molecule has 0 spiro atoms. The molecule has 0 bridgehead atoms. The fraction of sp³-hybridized carbons (Fsp3) is 0.231. The van der Waals surface area contributed by atoms with Gasteiger partial charge in [0, 0.05) is 44.4 Å². The normalized spacial score (nSPS) is 14.8. The summed E-state index contributed by atoms with van der Waals surface area (Å²) in [5, 5.41) is 6.14. The number of carbonyl (C=O) groups is 1. The molecule has 5 rings (SSSR count). The summed E-state index contributed by atoms with van der Waals surface area (Å²) in [5.74, 6) is 0.414. The zero-order valence-electron chi connectivity index (χ0n) is 19.3. The summed E-state index contributed by atoms with van der Waals surface area (Å²) < 4.78 is 32.8. The largest absolute Gasteiger partial charge is 0.360 e. The monoisotopic (exact) mass is 490 g/mol. The van der Waals surface area contributed by atoms with Gasteiger partial charge in [0.25, 0.3) is 15.9 Å². The van der Waals surface area contributed by atoms with E-state index in [9.17, 15) is 13.2 Å². The summed E-state index contributed by atoms with van der Waals surface area (Å²) in [6, 6.07) is 22.3. The predicted octanol–water partition coefficient (Wildman–Crippen LogP) is 3.90. The highest BCUT2D eigenvalue weighted by Gasteiger charge is 2.24. The van der Waals surface area contributed by atoms with E-state index in [1.807, 2.05) is 6.07 Å². The molecule has 0 atom stereocenters. The van der Waals surface area contributed by atoms with Gasteiger partial charge in [0.1, 0.15) is 5.76 Å². The van der Waals surface area contributed by atoms with Crippen molar-refractivity contribution in [2.75, 3.05) is 30.9 Å². The topological polar surface area (TPSA) is 95.8 Å². The first-order valence-corrected chi connectivity index (χ1v) is 12.9. The highest BCUT2D eigenvalue weighted by atomic mass is 32.2. The predicted molar refractivity (Wildman–Crippen MR) is 134 cm³/mol. The van der Waals surface area contributed by atoms with Crippen LogP contribution in [0.3, 0.4) is 0 Å². The summed E-state index contributed by atoms with van der Waals surface area (Å²) in [7, 11) is -3.90. The quantitative estimate of drug-likeness (QED) is 0.441. The van der Waals surface area contributed by atoms with Crippen molar-refractivity contribution in [1.29, 1.82) is 0 Å². The fourth-order valence-electron chi connectivity index (χ4n) is 4.37. The fourth-order valence-corrected chi connectivity index (χ4v) is 5.40. The molecule has 1 aliphatic rings. The van der Waals surface area contributed by atoms with Crippen LogP contribution in [0.2, 0.25) is 0 Å². The maximum absolute atomic E-state index is 13.1. The van der Waals surface area contributed by atoms with E-state index >= 15 is 0 Å². The lowest BCUT2D eigenvalue weighted by molar-refractivity contribution is 0.0628. The first-order valence-electron chi connectivity index (χ1n) is 11.4. The molecule has 8 nitrogen and oxygen atoms in total. The van der Waals surface area contributed by atoms with E-state index in [1.165, 1.54) is 34.5 Å². The number of benzene rings is 3. The Morgan fingerprint density at radius 3 is 2.49 bits per heavy atom. The van der Waals surface area contributed by atoms with Crippen LogP contribution in [0, 0.1) is 6.92 Å². The van der Waals surface area contributed by atoms with Crippen molar-refractivity contribution in [2.24, 2.45) is 0 Å². The van der Waals surface area contributed by atoms with Gasteiger partial charge in [-0.25, -0.2) is 8.42 Å². The maximum Gasteiger partial charge on any atom is 0.263 e. The van der Waals surface area contributed by atoms with E-state index in [0.717, 1.165) is 19.6 Å². The molecule has 1 fully saturated rings. The molecule has 3 aromatic carbocycles. The van der Waals surface area contributed by atoms with Crippen LogP contribution in [0.25, 0.3) is 10.8 Å². The van der Waals surface area contributed by atoms with Gasteiger partial charge in [0.2, 0.25) is 0 Å². The number of fused-ring (bicyclic) bond motifs is 1. The Labute approximate surface area is 204 Å². The first kappa shape index (κ1) is 23.1. The summed E-state index contributed by atoms with van der Waals surface area (Å²) >= 11 is 0. The summed E-state index contributed by atoms with van der Waals surface area (Å²) in [4.78, 5) is 17.3. The van der Waals surface area contributed by atoms with E-state index in [0.29, 0.717) is 24.4 Å². The number of carbonyl (C=O) groups excluding carboxylic acids is 1. The standard InChI is InChI=1S/C26H26N4O4S/c1-19-16-25(27-34-19)28-35(32,33)23-10-5-8-21(17-23)26(31)30-14-12-29(13-15-30)18-22-9-4-7-20-6-2-3-11-24(20)22/h2-11,16-17H,12-15,18H2,1H3,(H,27,28). The van der Waals surface area contributed by atoms with Gasteiger partial charge in [0.05, 0.1) is 4.90 Å². The molecule has 0 radical (unpaired) electrons. The Balaban J connectivity index is 1.24. The third kappa shape index (κ3) is 5.06. The van der Waals surface area contributed by atoms with Crippen LogP contribution >= 0.6 is 0 Å². The number of amides is 1. The molecule has 2 heterocycles. The van der Waals surface area contributed by atoms with E-state index < -0.39 is 10.0 Å². The smallest absolute Gasteiger partial charge is 0.263 e. The number of sulfonamides is 1. The van der Waals surface area contributed by atoms with Crippen molar-refractivity contribution in [2.45, 2.75) is 18.4 Å². The summed E-state index contributed by atoms with van der Waals surface area (Å²) in [6.45, 7) is 5.16. The van der Waals surface area contributed by atoms with Crippen molar-refractivity contribution >= 4 is 32.5 Å². The number of aromatic nitrogens is 1. The van der Waals surface area contributed by atoms with Crippen LogP contribution in [0.5, 0.6) is 0 Å². The third-order valence-electron chi connectivity index (χ3n) is 6.19. The van der Waals surface area contributed by atoms with Crippen molar-refractivity contribution in [1.82, 2.24) is 15.0 Å². The van der Waals surface area contributed by atoms with Crippen molar-refractivity contribution in [3.8, 4) is 0 Å². The van der Waals surface area contributed by atoms with Gasteiger partial charge in [-0.1, -0.05) is 53.7 Å². The van der Waals surface area contributed by atoms with Gasteiger partial charge < -0.3 is 9.42 Å². The van der Waals surface area contributed by atoms with Gasteiger partial charge in [0.15, 0.2) is 5.82 Å². The molecular weight excluding hydrogens is 464 g/mol. The number of anilines is 1. The number of aryl methyl sites for hydroxylation is 1. The second-order valence-electron chi connectivity index (χ2n) is 8.66. The highest BCUT2D eigenvalue weighted by Crippen LogP contribution is 2.22. The Morgan fingerprint density at radius 1 is 0.971 bits per heavy atom. The average molecular weight is 491 g/mol. The Morgan fingerprint density at radius 2 is 1.71 bits per heavy atom. The van der Waals surface area contributed by atoms with E-state index in [-0.39, 0.29) is 16.6 Å². The molecule has 1 amide bonds. The number of hydrogen-bond donors (Lipinski definition) is 1. The zero-order valence-corrected chi connectivity index (χ0v) is 20.2. The second kappa shape index (κ2) is 9.52. The number of nitrogens with one attached hydrogen (secondary N) is 1. The number of piperazine rings is 1. The molecule has 9 heteroatoms. The molecule has 1 saturated heterocycles. The lowest BCUT2D eigenvalue weighted by Crippen LogP contribution is -2.48. The van der Waals surface area contributed by atoms with Gasteiger partial charge in [-0.3, -0.25) is 14.4 Å². The molecule has 1 aliphatic heterocycles. The van der Waals surface area contributed by atoms with Crippen LogP contribution in [-0.2, 0) is 16.6 Å². The Bertz CT molecular complexity index is 1470. The molecular formula is C26H26N4O4S. The lowest BCUT2D eigenvalue weighted by Gasteiger charge is -2.35. The molecule has 1 N–H and O–H groups in total. The average Bonchev–Trinajstić information content (AvgIpc) is 3.28. The third-order valence-corrected chi connectivity index (χ3v) is 7.54. The van der Waals surface area contributed by atoms with Crippen molar-refractivity contribution < 1.29 is 17.7 Å². The summed E-state index contributed by atoms with van der Waals surface area (Å²) in [6.07, 6.45) is 0. The van der Waals surface area contributed by atoms with Crippen LogP contribution in [0.15, 0.2) is 82.2 Å². The van der Waals surface area contributed by atoms with E-state index in [4.69, 9.17) is 4.52 Å². The van der Waals surface area contributed by atoms with Crippen LogP contribution in [0.1, 0.15) is 21.7 Å². The molecule has 0 saturated carbocycles. The number of hydrogen-bond acceptors (Lipinski definition) is 6. The second-order valence-corrected chi connectivity index (χ2v) is 10.3. The van der Waals surface area contributed by atoms with Gasteiger partial charge in [-0.05, 0) is 41.5 Å². The molecule has 4 aromatic rings. The molecule has 180 valence electrons. The zero-order chi connectivity index (χ0) is 24.4. The maximum atomic E-state index is 13.1. The minimum Gasteiger partial charge on any atom is -0.360 e. The van der Waals surface area contributed by atoms with Crippen molar-refractivity contribution in [3.05, 3.63) is 89.7 Å². The van der Waals surface area contributed by atoms with Gasteiger partial charge in [-0.15, -0.1) is 0 Å².